The summed E-state index contributed by atoms with van der Waals surface area (Å²) in [7, 11) is 0. The van der Waals surface area contributed by atoms with Gasteiger partial charge in [-0.15, -0.1) is 5.10 Å². The number of piperidine rings is 1. The van der Waals surface area contributed by atoms with Crippen LogP contribution >= 0.6 is 0 Å². The van der Waals surface area contributed by atoms with Gasteiger partial charge < -0.3 is 14.1 Å². The largest absolute Gasteiger partial charge is 0.465 e. The molecule has 2 heterocycles. The SMILES string of the molecule is CCCOC(=O)C1CCN(c2nnc(C)o2)CC12CC2. The fourth-order valence-electron chi connectivity index (χ4n) is 3.08. The second-order valence-electron chi connectivity index (χ2n) is 5.90. The van der Waals surface area contributed by atoms with Gasteiger partial charge in [-0.2, -0.15) is 0 Å². The molecule has 20 heavy (non-hydrogen) atoms. The first-order valence-corrected chi connectivity index (χ1v) is 7.36. The topological polar surface area (TPSA) is 68.5 Å². The molecule has 0 N–H and O–H groups in total. The first-order valence-electron chi connectivity index (χ1n) is 7.36. The van der Waals surface area contributed by atoms with Gasteiger partial charge in [-0.1, -0.05) is 12.0 Å². The Morgan fingerprint density at radius 2 is 2.30 bits per heavy atom. The van der Waals surface area contributed by atoms with Gasteiger partial charge in [0.15, 0.2) is 0 Å². The van der Waals surface area contributed by atoms with Crippen molar-refractivity contribution in [3.63, 3.8) is 0 Å². The summed E-state index contributed by atoms with van der Waals surface area (Å²) in [6, 6.07) is 0.578. The van der Waals surface area contributed by atoms with E-state index in [-0.39, 0.29) is 17.3 Å². The Morgan fingerprint density at radius 3 is 2.90 bits per heavy atom. The van der Waals surface area contributed by atoms with Crippen LogP contribution in [0.15, 0.2) is 4.42 Å². The van der Waals surface area contributed by atoms with Gasteiger partial charge in [-0.3, -0.25) is 4.79 Å². The van der Waals surface area contributed by atoms with E-state index in [2.05, 4.69) is 15.1 Å². The zero-order valence-corrected chi connectivity index (χ0v) is 12.1. The summed E-state index contributed by atoms with van der Waals surface area (Å²) in [6.45, 7) is 5.92. The quantitative estimate of drug-likeness (QED) is 0.785. The van der Waals surface area contributed by atoms with E-state index in [1.807, 2.05) is 6.92 Å². The molecule has 1 saturated carbocycles. The van der Waals surface area contributed by atoms with Crippen LogP contribution in [0.1, 0.15) is 38.5 Å². The van der Waals surface area contributed by atoms with E-state index < -0.39 is 0 Å². The number of carbonyl (C=O) groups excluding carboxylic acids is 1. The highest BCUT2D eigenvalue weighted by Crippen LogP contribution is 2.56. The Labute approximate surface area is 118 Å². The number of ether oxygens (including phenoxy) is 1. The lowest BCUT2D eigenvalue weighted by Gasteiger charge is -2.36. The average molecular weight is 279 g/mol. The molecular weight excluding hydrogens is 258 g/mol. The zero-order chi connectivity index (χ0) is 14.2. The van der Waals surface area contributed by atoms with E-state index in [0.717, 1.165) is 38.8 Å². The van der Waals surface area contributed by atoms with Crippen molar-refractivity contribution in [3.8, 4) is 0 Å². The van der Waals surface area contributed by atoms with E-state index >= 15 is 0 Å². The van der Waals surface area contributed by atoms with Crippen molar-refractivity contribution in [2.24, 2.45) is 11.3 Å². The predicted octanol–water partition coefficient (Wildman–Crippen LogP) is 1.94. The minimum Gasteiger partial charge on any atom is -0.465 e. The van der Waals surface area contributed by atoms with Crippen LogP contribution in [0.5, 0.6) is 0 Å². The van der Waals surface area contributed by atoms with E-state index in [9.17, 15) is 4.79 Å². The molecule has 6 heteroatoms. The molecule has 1 aromatic rings. The van der Waals surface area contributed by atoms with E-state index in [4.69, 9.17) is 9.15 Å². The number of nitrogens with zero attached hydrogens (tertiary/aromatic N) is 3. The van der Waals surface area contributed by atoms with Crippen LogP contribution in [-0.4, -0.2) is 35.9 Å². The van der Waals surface area contributed by atoms with Crippen LogP contribution in [0.25, 0.3) is 0 Å². The van der Waals surface area contributed by atoms with Crippen LogP contribution in [0.4, 0.5) is 6.01 Å². The fourth-order valence-corrected chi connectivity index (χ4v) is 3.08. The number of aryl methyl sites for hydroxylation is 1. The standard InChI is InChI=1S/C14H21N3O3/c1-3-8-19-12(18)11-4-7-17(9-14(11)5-6-14)13-16-15-10(2)20-13/h11H,3-9H2,1-2H3. The van der Waals surface area contributed by atoms with Crippen molar-refractivity contribution < 1.29 is 13.9 Å². The maximum Gasteiger partial charge on any atom is 0.318 e. The molecule has 1 unspecified atom stereocenters. The van der Waals surface area contributed by atoms with Crippen LogP contribution in [0, 0.1) is 18.3 Å². The van der Waals surface area contributed by atoms with Gasteiger partial charge in [-0.25, -0.2) is 0 Å². The molecule has 1 atom stereocenters. The first kappa shape index (κ1) is 13.4. The summed E-state index contributed by atoms with van der Waals surface area (Å²) in [5.74, 6) is 0.592. The predicted molar refractivity (Wildman–Crippen MR) is 72.3 cm³/mol. The molecule has 0 radical (unpaired) electrons. The van der Waals surface area contributed by atoms with Gasteiger partial charge in [0, 0.05) is 25.4 Å². The molecule has 0 bridgehead atoms. The molecule has 1 aromatic heterocycles. The fraction of sp³-hybridized carbons (Fsp3) is 0.786. The summed E-state index contributed by atoms with van der Waals surface area (Å²) in [6.07, 6.45) is 3.86. The second-order valence-corrected chi connectivity index (χ2v) is 5.90. The maximum atomic E-state index is 12.2. The highest BCUT2D eigenvalue weighted by atomic mass is 16.5. The molecule has 1 aliphatic heterocycles. The molecule has 2 aliphatic rings. The van der Waals surface area contributed by atoms with E-state index in [1.54, 1.807) is 6.92 Å². The smallest absolute Gasteiger partial charge is 0.318 e. The van der Waals surface area contributed by atoms with Gasteiger partial charge >= 0.3 is 12.0 Å². The first-order chi connectivity index (χ1) is 9.64. The van der Waals surface area contributed by atoms with Crippen molar-refractivity contribution in [1.29, 1.82) is 0 Å². The minimum absolute atomic E-state index is 0.0225. The lowest BCUT2D eigenvalue weighted by molar-refractivity contribution is -0.152. The Morgan fingerprint density at radius 1 is 1.50 bits per heavy atom. The second kappa shape index (κ2) is 5.07. The van der Waals surface area contributed by atoms with Crippen LogP contribution in [0.2, 0.25) is 0 Å². The summed E-state index contributed by atoms with van der Waals surface area (Å²) >= 11 is 0. The molecule has 6 nitrogen and oxygen atoms in total. The van der Waals surface area contributed by atoms with E-state index in [1.165, 1.54) is 0 Å². The molecule has 110 valence electrons. The molecule has 3 rings (SSSR count). The summed E-state index contributed by atoms with van der Waals surface area (Å²) < 4.78 is 10.8. The average Bonchev–Trinajstić information content (AvgIpc) is 3.05. The van der Waals surface area contributed by atoms with Crippen LogP contribution in [0.3, 0.4) is 0 Å². The van der Waals surface area contributed by atoms with Gasteiger partial charge in [0.25, 0.3) is 0 Å². The normalized spacial score (nSPS) is 23.9. The zero-order valence-electron chi connectivity index (χ0n) is 12.1. The number of aromatic nitrogens is 2. The molecule has 1 aliphatic carbocycles. The summed E-state index contributed by atoms with van der Waals surface area (Å²) in [4.78, 5) is 14.3. The third kappa shape index (κ3) is 2.39. The monoisotopic (exact) mass is 279 g/mol. The van der Waals surface area contributed by atoms with Crippen molar-refractivity contribution >= 4 is 12.0 Å². The summed E-state index contributed by atoms with van der Waals surface area (Å²) in [5.41, 5.74) is 0.0749. The number of hydrogen-bond acceptors (Lipinski definition) is 6. The maximum absolute atomic E-state index is 12.2. The number of anilines is 1. The van der Waals surface area contributed by atoms with Crippen molar-refractivity contribution in [1.82, 2.24) is 10.2 Å². The Kier molecular flexibility index (Phi) is 3.40. The highest BCUT2D eigenvalue weighted by Gasteiger charge is 2.56. The third-order valence-corrected chi connectivity index (χ3v) is 4.34. The molecule has 1 saturated heterocycles. The Balaban J connectivity index is 1.67. The van der Waals surface area contributed by atoms with Crippen LogP contribution in [-0.2, 0) is 9.53 Å². The highest BCUT2D eigenvalue weighted by molar-refractivity contribution is 5.74. The number of esters is 1. The number of hydrogen-bond donors (Lipinski definition) is 0. The summed E-state index contributed by atoms with van der Waals surface area (Å²) in [5, 5.41) is 7.95. The lowest BCUT2D eigenvalue weighted by Crippen LogP contribution is -2.45. The van der Waals surface area contributed by atoms with Gasteiger partial charge in [0.1, 0.15) is 0 Å². The Hall–Kier alpha value is -1.59. The van der Waals surface area contributed by atoms with Crippen molar-refractivity contribution in [3.05, 3.63) is 5.89 Å². The Bertz CT molecular complexity index is 496. The molecule has 1 spiro atoms. The van der Waals surface area contributed by atoms with Gasteiger partial charge in [0.05, 0.1) is 12.5 Å². The third-order valence-electron chi connectivity index (χ3n) is 4.34. The number of carbonyl (C=O) groups is 1. The molecule has 0 aromatic carbocycles. The lowest BCUT2D eigenvalue weighted by atomic mass is 9.82. The van der Waals surface area contributed by atoms with Gasteiger partial charge in [-0.05, 0) is 25.7 Å². The minimum atomic E-state index is -0.0225. The number of rotatable bonds is 4. The van der Waals surface area contributed by atoms with Gasteiger partial charge in [0.2, 0.25) is 5.89 Å². The van der Waals surface area contributed by atoms with E-state index in [0.29, 0.717) is 18.5 Å². The molecule has 0 amide bonds. The van der Waals surface area contributed by atoms with Crippen molar-refractivity contribution in [2.45, 2.75) is 39.5 Å². The van der Waals surface area contributed by atoms with Crippen LogP contribution < -0.4 is 4.90 Å². The molecular formula is C14H21N3O3. The molecule has 2 fully saturated rings. The van der Waals surface area contributed by atoms with Crippen molar-refractivity contribution in [2.75, 3.05) is 24.6 Å².